The van der Waals surface area contributed by atoms with E-state index in [9.17, 15) is 0 Å². The van der Waals surface area contributed by atoms with Gasteiger partial charge in [-0.2, -0.15) is 0 Å². The minimum absolute atomic E-state index is 0.0619. The lowest BCUT2D eigenvalue weighted by atomic mass is 9.95. The topological polar surface area (TPSA) is 59.1 Å². The van der Waals surface area contributed by atoms with E-state index in [0.29, 0.717) is 5.92 Å². The molecule has 2 atom stereocenters. The van der Waals surface area contributed by atoms with Gasteiger partial charge in [0.05, 0.1) is 11.6 Å². The van der Waals surface area contributed by atoms with Crippen LogP contribution in [-0.4, -0.2) is 35.3 Å². The molecule has 106 valence electrons. The third-order valence-electron chi connectivity index (χ3n) is 3.82. The Kier molecular flexibility index (Phi) is 3.94. The molecule has 1 aliphatic heterocycles. The van der Waals surface area contributed by atoms with Gasteiger partial charge < -0.3 is 15.4 Å². The predicted octanol–water partition coefficient (Wildman–Crippen LogP) is 2.62. The molecule has 5 heteroatoms. The van der Waals surface area contributed by atoms with Crippen LogP contribution in [0.3, 0.4) is 0 Å². The molecule has 0 aliphatic carbocycles. The molecule has 19 heavy (non-hydrogen) atoms. The smallest absolute Gasteiger partial charge is 0.135 e. The molecule has 5 nitrogen and oxygen atoms in total. The maximum absolute atomic E-state index is 5.65. The number of anilines is 2. The van der Waals surface area contributed by atoms with Crippen molar-refractivity contribution in [2.75, 3.05) is 24.3 Å². The van der Waals surface area contributed by atoms with E-state index in [-0.39, 0.29) is 11.6 Å². The van der Waals surface area contributed by atoms with E-state index in [2.05, 4.69) is 48.3 Å². The summed E-state index contributed by atoms with van der Waals surface area (Å²) in [6.07, 6.45) is 1.17. The van der Waals surface area contributed by atoms with Crippen molar-refractivity contribution in [1.29, 1.82) is 0 Å². The molecule has 0 amide bonds. The van der Waals surface area contributed by atoms with Crippen LogP contribution >= 0.6 is 0 Å². The number of rotatable bonds is 4. The zero-order valence-electron chi connectivity index (χ0n) is 12.4. The van der Waals surface area contributed by atoms with Crippen molar-refractivity contribution < 1.29 is 4.74 Å². The summed E-state index contributed by atoms with van der Waals surface area (Å²) in [5.74, 6) is 2.86. The molecule has 1 aliphatic rings. The highest BCUT2D eigenvalue weighted by molar-refractivity contribution is 5.49. The van der Waals surface area contributed by atoms with Crippen LogP contribution in [0, 0.1) is 0 Å². The number of hydrogen-bond acceptors (Lipinski definition) is 5. The van der Waals surface area contributed by atoms with Crippen LogP contribution in [0.2, 0.25) is 0 Å². The summed E-state index contributed by atoms with van der Waals surface area (Å²) >= 11 is 0. The fourth-order valence-electron chi connectivity index (χ4n) is 2.21. The van der Waals surface area contributed by atoms with Gasteiger partial charge in [-0.15, -0.1) is 0 Å². The molecular weight excluding hydrogens is 240 g/mol. The van der Waals surface area contributed by atoms with Crippen molar-refractivity contribution >= 4 is 11.6 Å². The number of hydrogen-bond donors (Lipinski definition) is 2. The van der Waals surface area contributed by atoms with Gasteiger partial charge in [-0.25, -0.2) is 9.97 Å². The van der Waals surface area contributed by atoms with Crippen LogP contribution in [0.5, 0.6) is 0 Å². The second kappa shape index (κ2) is 5.33. The van der Waals surface area contributed by atoms with Crippen molar-refractivity contribution in [3.8, 4) is 0 Å². The van der Waals surface area contributed by atoms with Crippen molar-refractivity contribution in [3.05, 3.63) is 11.9 Å². The number of nitrogens with zero attached hydrogens (tertiary/aromatic N) is 2. The molecule has 1 aromatic heterocycles. The van der Waals surface area contributed by atoms with Crippen LogP contribution in [0.25, 0.3) is 0 Å². The van der Waals surface area contributed by atoms with Gasteiger partial charge >= 0.3 is 0 Å². The molecule has 2 heterocycles. The number of ether oxygens (including phenoxy) is 1. The van der Waals surface area contributed by atoms with Gasteiger partial charge in [0, 0.05) is 25.6 Å². The first kappa shape index (κ1) is 14.1. The first-order valence-corrected chi connectivity index (χ1v) is 6.91. The van der Waals surface area contributed by atoms with Crippen molar-refractivity contribution in [3.63, 3.8) is 0 Å². The Balaban J connectivity index is 2.26. The lowest BCUT2D eigenvalue weighted by Gasteiger charge is -2.29. The molecule has 0 spiro atoms. The van der Waals surface area contributed by atoms with Gasteiger partial charge in [-0.3, -0.25) is 0 Å². The molecule has 2 N–H and O–H groups in total. The highest BCUT2D eigenvalue weighted by Gasteiger charge is 2.37. The molecule has 0 saturated carbocycles. The summed E-state index contributed by atoms with van der Waals surface area (Å²) in [5, 5.41) is 6.61. The first-order chi connectivity index (χ1) is 8.94. The fraction of sp³-hybridized carbons (Fsp3) is 0.714. The largest absolute Gasteiger partial charge is 0.376 e. The third-order valence-corrected chi connectivity index (χ3v) is 3.82. The van der Waals surface area contributed by atoms with Crippen molar-refractivity contribution in [1.82, 2.24) is 9.97 Å². The Hall–Kier alpha value is -1.36. The van der Waals surface area contributed by atoms with Crippen LogP contribution in [0.15, 0.2) is 6.07 Å². The molecule has 2 unspecified atom stereocenters. The number of aromatic nitrogens is 2. The van der Waals surface area contributed by atoms with E-state index in [1.54, 1.807) is 0 Å². The molecule has 1 aromatic rings. The lowest BCUT2D eigenvalue weighted by molar-refractivity contribution is 0.105. The lowest BCUT2D eigenvalue weighted by Crippen LogP contribution is -2.41. The zero-order valence-corrected chi connectivity index (χ0v) is 12.4. The molecule has 1 fully saturated rings. The van der Waals surface area contributed by atoms with Crippen LogP contribution in [0.1, 0.15) is 45.9 Å². The third kappa shape index (κ3) is 2.97. The minimum atomic E-state index is -0.0619. The van der Waals surface area contributed by atoms with E-state index < -0.39 is 0 Å². The summed E-state index contributed by atoms with van der Waals surface area (Å²) in [6, 6.07) is 1.95. The summed E-state index contributed by atoms with van der Waals surface area (Å²) in [4.78, 5) is 9.08. The van der Waals surface area contributed by atoms with Gasteiger partial charge in [0.25, 0.3) is 0 Å². The predicted molar refractivity (Wildman–Crippen MR) is 77.7 cm³/mol. The van der Waals surface area contributed by atoms with Crippen molar-refractivity contribution in [2.24, 2.45) is 0 Å². The normalized spacial score (nSPS) is 26.7. The van der Waals surface area contributed by atoms with E-state index in [0.717, 1.165) is 30.5 Å². The molecule has 1 saturated heterocycles. The minimum Gasteiger partial charge on any atom is -0.376 e. The van der Waals surface area contributed by atoms with Crippen molar-refractivity contribution in [2.45, 2.75) is 51.7 Å². The second-order valence-corrected chi connectivity index (χ2v) is 5.71. The van der Waals surface area contributed by atoms with E-state index in [1.807, 2.05) is 13.1 Å². The van der Waals surface area contributed by atoms with E-state index in [4.69, 9.17) is 4.74 Å². The quantitative estimate of drug-likeness (QED) is 0.875. The van der Waals surface area contributed by atoms with Gasteiger partial charge in [-0.05, 0) is 20.3 Å². The summed E-state index contributed by atoms with van der Waals surface area (Å²) in [7, 11) is 1.87. The monoisotopic (exact) mass is 264 g/mol. The van der Waals surface area contributed by atoms with E-state index in [1.165, 1.54) is 0 Å². The standard InChI is InChI=1S/C14H24N4O/c1-9(2)13-16-11(15-5)8-12(17-13)18-14(4)6-7-19-10(14)3/h8-10H,6-7H2,1-5H3,(H2,15,16,17,18). The van der Waals surface area contributed by atoms with Crippen LogP contribution in [0.4, 0.5) is 11.6 Å². The Morgan fingerprint density at radius 1 is 1.37 bits per heavy atom. The Bertz CT molecular complexity index is 449. The Morgan fingerprint density at radius 2 is 2.05 bits per heavy atom. The Morgan fingerprint density at radius 3 is 2.58 bits per heavy atom. The summed E-state index contributed by atoms with van der Waals surface area (Å²) in [5.41, 5.74) is -0.0619. The van der Waals surface area contributed by atoms with Gasteiger partial charge in [0.15, 0.2) is 0 Å². The average molecular weight is 264 g/mol. The van der Waals surface area contributed by atoms with Gasteiger partial charge in [0.2, 0.25) is 0 Å². The second-order valence-electron chi connectivity index (χ2n) is 5.71. The summed E-state index contributed by atoms with van der Waals surface area (Å²) in [6.45, 7) is 9.28. The highest BCUT2D eigenvalue weighted by atomic mass is 16.5. The fourth-order valence-corrected chi connectivity index (χ4v) is 2.21. The Labute approximate surface area is 115 Å². The average Bonchev–Trinajstić information content (AvgIpc) is 2.68. The first-order valence-electron chi connectivity index (χ1n) is 6.91. The SMILES string of the molecule is CNc1cc(NC2(C)CCOC2C)nc(C(C)C)n1. The molecular formula is C14H24N4O. The highest BCUT2D eigenvalue weighted by Crippen LogP contribution is 2.29. The molecule has 0 radical (unpaired) electrons. The maximum Gasteiger partial charge on any atom is 0.135 e. The summed E-state index contributed by atoms with van der Waals surface area (Å²) < 4.78 is 5.65. The molecule has 0 aromatic carbocycles. The molecule has 0 bridgehead atoms. The van der Waals surface area contributed by atoms with Crippen LogP contribution < -0.4 is 10.6 Å². The zero-order chi connectivity index (χ0) is 14.0. The number of nitrogens with one attached hydrogen (secondary N) is 2. The maximum atomic E-state index is 5.65. The van der Waals surface area contributed by atoms with Crippen LogP contribution in [-0.2, 0) is 4.74 Å². The van der Waals surface area contributed by atoms with Gasteiger partial charge in [-0.1, -0.05) is 13.8 Å². The molecule has 2 rings (SSSR count). The van der Waals surface area contributed by atoms with E-state index >= 15 is 0 Å². The van der Waals surface area contributed by atoms with Gasteiger partial charge in [0.1, 0.15) is 17.5 Å².